The van der Waals surface area contributed by atoms with Gasteiger partial charge in [0.05, 0.1) is 17.6 Å². The number of methoxy groups -OCH3 is 1. The molecule has 0 bridgehead atoms. The molecule has 0 spiro atoms. The predicted molar refractivity (Wildman–Crippen MR) is 75.7 cm³/mol. The van der Waals surface area contributed by atoms with Crippen LogP contribution < -0.4 is 4.74 Å². The molecule has 0 atom stereocenters. The largest absolute Gasteiger partial charge is 0.496 e. The summed E-state index contributed by atoms with van der Waals surface area (Å²) in [5, 5.41) is 0. The van der Waals surface area contributed by atoms with Gasteiger partial charge in [0.2, 0.25) is 0 Å². The Labute approximate surface area is 122 Å². The minimum absolute atomic E-state index is 0.108. The van der Waals surface area contributed by atoms with Crippen LogP contribution in [0.5, 0.6) is 5.75 Å². The Bertz CT molecular complexity index is 625. The third-order valence-electron chi connectivity index (χ3n) is 3.26. The van der Waals surface area contributed by atoms with Crippen LogP contribution in [-0.4, -0.2) is 39.9 Å². The standard InChI is InChI=1S/C13H16ClNO4S/c1-15(8-9-3-4-9)13(16)11-7-10(20(14,17)18)5-6-12(11)19-2/h5-7,9H,3-4,8H2,1-2H3. The molecule has 1 fully saturated rings. The quantitative estimate of drug-likeness (QED) is 0.780. The number of amides is 1. The van der Waals surface area contributed by atoms with E-state index in [1.165, 1.54) is 25.3 Å². The van der Waals surface area contributed by atoms with Gasteiger partial charge in [0.1, 0.15) is 5.75 Å². The molecular formula is C13H16ClNO4S. The van der Waals surface area contributed by atoms with Gasteiger partial charge in [-0.3, -0.25) is 4.79 Å². The first-order valence-electron chi connectivity index (χ1n) is 6.21. The van der Waals surface area contributed by atoms with Crippen molar-refractivity contribution in [3.05, 3.63) is 23.8 Å². The van der Waals surface area contributed by atoms with Crippen LogP contribution in [0.15, 0.2) is 23.1 Å². The summed E-state index contributed by atoms with van der Waals surface area (Å²) >= 11 is 0. The van der Waals surface area contributed by atoms with Gasteiger partial charge in [-0.1, -0.05) is 0 Å². The van der Waals surface area contributed by atoms with Crippen LogP contribution in [0.4, 0.5) is 0 Å². The number of nitrogens with zero attached hydrogens (tertiary/aromatic N) is 1. The highest BCUT2D eigenvalue weighted by Gasteiger charge is 2.27. The fourth-order valence-corrected chi connectivity index (χ4v) is 2.76. The number of ether oxygens (including phenoxy) is 1. The molecule has 0 unspecified atom stereocenters. The van der Waals surface area contributed by atoms with Crippen LogP contribution in [-0.2, 0) is 9.05 Å². The third kappa shape index (κ3) is 3.43. The van der Waals surface area contributed by atoms with Gasteiger partial charge in [-0.2, -0.15) is 0 Å². The minimum atomic E-state index is -3.87. The molecule has 1 aliphatic rings. The molecule has 0 saturated heterocycles. The minimum Gasteiger partial charge on any atom is -0.496 e. The molecule has 5 nitrogen and oxygen atoms in total. The lowest BCUT2D eigenvalue weighted by atomic mass is 10.1. The van der Waals surface area contributed by atoms with Crippen molar-refractivity contribution in [1.82, 2.24) is 4.90 Å². The van der Waals surface area contributed by atoms with Crippen molar-refractivity contribution < 1.29 is 17.9 Å². The fraction of sp³-hybridized carbons (Fsp3) is 0.462. The first-order chi connectivity index (χ1) is 9.32. The van der Waals surface area contributed by atoms with E-state index in [1.807, 2.05) is 0 Å². The molecule has 1 saturated carbocycles. The Kier molecular flexibility index (Phi) is 4.25. The topological polar surface area (TPSA) is 63.7 Å². The summed E-state index contributed by atoms with van der Waals surface area (Å²) in [5.41, 5.74) is 0.206. The number of carbonyl (C=O) groups excluding carboxylic acids is 1. The summed E-state index contributed by atoms with van der Waals surface area (Å²) < 4.78 is 27.8. The highest BCUT2D eigenvalue weighted by Crippen LogP contribution is 2.31. The van der Waals surface area contributed by atoms with E-state index in [2.05, 4.69) is 0 Å². The van der Waals surface area contributed by atoms with Gasteiger partial charge < -0.3 is 9.64 Å². The Balaban J connectivity index is 2.34. The van der Waals surface area contributed by atoms with Gasteiger partial charge in [0, 0.05) is 24.3 Å². The normalized spacial score (nSPS) is 14.9. The van der Waals surface area contributed by atoms with E-state index in [1.54, 1.807) is 11.9 Å². The van der Waals surface area contributed by atoms with Crippen molar-refractivity contribution in [2.24, 2.45) is 5.92 Å². The monoisotopic (exact) mass is 317 g/mol. The van der Waals surface area contributed by atoms with Crippen LogP contribution in [0.2, 0.25) is 0 Å². The number of rotatable bonds is 5. The lowest BCUT2D eigenvalue weighted by Crippen LogP contribution is -2.29. The molecule has 0 N–H and O–H groups in total. The van der Waals surface area contributed by atoms with Crippen molar-refractivity contribution in [2.45, 2.75) is 17.7 Å². The second-order valence-electron chi connectivity index (χ2n) is 4.93. The summed E-state index contributed by atoms with van der Waals surface area (Å²) in [7, 11) is 4.57. The average Bonchev–Trinajstić information content (AvgIpc) is 3.19. The molecule has 1 aromatic carbocycles. The summed E-state index contributed by atoms with van der Waals surface area (Å²) in [6.07, 6.45) is 2.26. The van der Waals surface area contributed by atoms with Crippen molar-refractivity contribution in [3.63, 3.8) is 0 Å². The number of carbonyl (C=O) groups is 1. The molecule has 0 heterocycles. The van der Waals surface area contributed by atoms with Crippen LogP contribution in [0.1, 0.15) is 23.2 Å². The molecule has 1 amide bonds. The molecule has 2 rings (SSSR count). The number of halogens is 1. The van der Waals surface area contributed by atoms with Gasteiger partial charge in [0.15, 0.2) is 0 Å². The molecule has 1 aliphatic carbocycles. The third-order valence-corrected chi connectivity index (χ3v) is 4.61. The van der Waals surface area contributed by atoms with Crippen molar-refractivity contribution in [2.75, 3.05) is 20.7 Å². The van der Waals surface area contributed by atoms with E-state index in [4.69, 9.17) is 15.4 Å². The van der Waals surface area contributed by atoms with Gasteiger partial charge in [-0.05, 0) is 37.0 Å². The lowest BCUT2D eigenvalue weighted by Gasteiger charge is -2.18. The SMILES string of the molecule is COc1ccc(S(=O)(=O)Cl)cc1C(=O)N(C)CC1CC1. The number of hydrogen-bond acceptors (Lipinski definition) is 4. The van der Waals surface area contributed by atoms with Gasteiger partial charge >= 0.3 is 0 Å². The summed E-state index contributed by atoms with van der Waals surface area (Å²) in [5.74, 6) is 0.618. The number of benzene rings is 1. The maximum atomic E-state index is 12.4. The zero-order valence-electron chi connectivity index (χ0n) is 11.3. The lowest BCUT2D eigenvalue weighted by molar-refractivity contribution is 0.0785. The second-order valence-corrected chi connectivity index (χ2v) is 7.49. The zero-order chi connectivity index (χ0) is 14.9. The first-order valence-corrected chi connectivity index (χ1v) is 8.52. The molecule has 7 heteroatoms. The molecule has 0 radical (unpaired) electrons. The van der Waals surface area contributed by atoms with E-state index < -0.39 is 9.05 Å². The summed E-state index contributed by atoms with van der Waals surface area (Å²) in [4.78, 5) is 13.9. The molecule has 20 heavy (non-hydrogen) atoms. The van der Waals surface area contributed by atoms with Crippen molar-refractivity contribution in [1.29, 1.82) is 0 Å². The van der Waals surface area contributed by atoms with Crippen molar-refractivity contribution in [3.8, 4) is 5.75 Å². The fourth-order valence-electron chi connectivity index (χ4n) is 1.98. The highest BCUT2D eigenvalue weighted by molar-refractivity contribution is 8.13. The maximum absolute atomic E-state index is 12.4. The molecule has 0 aliphatic heterocycles. The average molecular weight is 318 g/mol. The zero-order valence-corrected chi connectivity index (χ0v) is 12.9. The van der Waals surface area contributed by atoms with Gasteiger partial charge in [0.25, 0.3) is 15.0 Å². The maximum Gasteiger partial charge on any atom is 0.261 e. The predicted octanol–water partition coefficient (Wildman–Crippen LogP) is 2.10. The van der Waals surface area contributed by atoms with Crippen LogP contribution in [0.3, 0.4) is 0 Å². The Hall–Kier alpha value is -1.27. The molecule has 1 aromatic rings. The van der Waals surface area contributed by atoms with Gasteiger partial charge in [-0.25, -0.2) is 8.42 Å². The van der Waals surface area contributed by atoms with E-state index >= 15 is 0 Å². The highest BCUT2D eigenvalue weighted by atomic mass is 35.7. The Morgan fingerprint density at radius 1 is 1.45 bits per heavy atom. The van der Waals surface area contributed by atoms with E-state index in [-0.39, 0.29) is 16.4 Å². The van der Waals surface area contributed by atoms with E-state index in [9.17, 15) is 13.2 Å². The van der Waals surface area contributed by atoms with Crippen LogP contribution in [0, 0.1) is 5.92 Å². The summed E-state index contributed by atoms with van der Waals surface area (Å²) in [6.45, 7) is 0.667. The first kappa shape index (κ1) is 15.1. The Morgan fingerprint density at radius 3 is 2.60 bits per heavy atom. The smallest absolute Gasteiger partial charge is 0.261 e. The van der Waals surface area contributed by atoms with Crippen molar-refractivity contribution >= 4 is 25.6 Å². The molecular weight excluding hydrogens is 302 g/mol. The van der Waals surface area contributed by atoms with E-state index in [0.717, 1.165) is 12.8 Å². The summed E-state index contributed by atoms with van der Waals surface area (Å²) in [6, 6.07) is 4.01. The second kappa shape index (κ2) is 5.61. The van der Waals surface area contributed by atoms with Gasteiger partial charge in [-0.15, -0.1) is 0 Å². The van der Waals surface area contributed by atoms with E-state index in [0.29, 0.717) is 18.2 Å². The Morgan fingerprint density at radius 2 is 2.10 bits per heavy atom. The van der Waals surface area contributed by atoms with Crippen LogP contribution in [0.25, 0.3) is 0 Å². The molecule has 0 aromatic heterocycles. The molecule has 110 valence electrons. The van der Waals surface area contributed by atoms with Crippen LogP contribution >= 0.6 is 10.7 Å². The number of hydrogen-bond donors (Lipinski definition) is 0.